The lowest BCUT2D eigenvalue weighted by atomic mass is 9.85. The van der Waals surface area contributed by atoms with Gasteiger partial charge in [0.1, 0.15) is 5.75 Å². The molecule has 1 aliphatic carbocycles. The second-order valence-corrected chi connectivity index (χ2v) is 8.20. The summed E-state index contributed by atoms with van der Waals surface area (Å²) in [5.41, 5.74) is 6.45. The van der Waals surface area contributed by atoms with Crippen LogP contribution in [0, 0.1) is 5.92 Å². The molecular formula is C19H26N4O2S. The molecule has 3 atom stereocenters. The lowest BCUT2D eigenvalue weighted by molar-refractivity contribution is -0.117. The normalized spacial score (nSPS) is 21.3. The molecule has 0 unspecified atom stereocenters. The number of carbonyl (C=O) groups is 1. The van der Waals surface area contributed by atoms with Crippen molar-refractivity contribution in [1.82, 2.24) is 14.8 Å². The molecular weight excluding hydrogens is 348 g/mol. The van der Waals surface area contributed by atoms with Crippen LogP contribution in [-0.2, 0) is 4.79 Å². The van der Waals surface area contributed by atoms with Crippen LogP contribution in [0.2, 0.25) is 0 Å². The van der Waals surface area contributed by atoms with Crippen molar-refractivity contribution >= 4 is 17.7 Å². The molecule has 1 amide bonds. The van der Waals surface area contributed by atoms with E-state index in [9.17, 15) is 4.79 Å². The van der Waals surface area contributed by atoms with Gasteiger partial charge in [-0.15, -0.1) is 10.2 Å². The molecule has 0 bridgehead atoms. The minimum absolute atomic E-state index is 0.332. The number of amides is 1. The Morgan fingerprint density at radius 3 is 2.58 bits per heavy atom. The van der Waals surface area contributed by atoms with E-state index in [1.165, 1.54) is 31.0 Å². The number of primary amides is 1. The van der Waals surface area contributed by atoms with Crippen LogP contribution in [0.15, 0.2) is 29.4 Å². The Labute approximate surface area is 158 Å². The van der Waals surface area contributed by atoms with Crippen molar-refractivity contribution < 1.29 is 9.53 Å². The molecule has 1 aliphatic rings. The summed E-state index contributed by atoms with van der Waals surface area (Å²) in [5.74, 6) is 1.85. The fourth-order valence-corrected chi connectivity index (χ4v) is 4.35. The van der Waals surface area contributed by atoms with Crippen LogP contribution in [0.4, 0.5) is 0 Å². The third-order valence-electron chi connectivity index (χ3n) is 5.09. The molecule has 1 fully saturated rings. The smallest absolute Gasteiger partial charge is 0.230 e. The molecule has 0 spiro atoms. The molecule has 1 heterocycles. The van der Waals surface area contributed by atoms with Crippen molar-refractivity contribution in [3.05, 3.63) is 24.3 Å². The Morgan fingerprint density at radius 2 is 1.96 bits per heavy atom. The second-order valence-electron chi connectivity index (χ2n) is 6.90. The summed E-state index contributed by atoms with van der Waals surface area (Å²) in [6.07, 6.45) is 4.75. The molecule has 0 radical (unpaired) electrons. The summed E-state index contributed by atoms with van der Waals surface area (Å²) >= 11 is 1.39. The van der Waals surface area contributed by atoms with E-state index in [1.807, 2.05) is 31.2 Å². The van der Waals surface area contributed by atoms with Crippen molar-refractivity contribution in [2.75, 3.05) is 7.11 Å². The summed E-state index contributed by atoms with van der Waals surface area (Å²) in [5, 5.41) is 9.29. The van der Waals surface area contributed by atoms with E-state index >= 15 is 0 Å². The van der Waals surface area contributed by atoms with E-state index in [0.29, 0.717) is 12.0 Å². The first kappa shape index (κ1) is 18.8. The number of hydrogen-bond acceptors (Lipinski definition) is 5. The Bertz CT molecular complexity index is 759. The number of nitrogens with zero attached hydrogens (tertiary/aromatic N) is 3. The van der Waals surface area contributed by atoms with E-state index in [-0.39, 0.29) is 11.2 Å². The number of benzene rings is 1. The molecule has 26 heavy (non-hydrogen) atoms. The van der Waals surface area contributed by atoms with Gasteiger partial charge in [-0.25, -0.2) is 0 Å². The van der Waals surface area contributed by atoms with Gasteiger partial charge in [0.15, 0.2) is 11.0 Å². The van der Waals surface area contributed by atoms with Crippen LogP contribution in [0.25, 0.3) is 11.4 Å². The van der Waals surface area contributed by atoms with Gasteiger partial charge in [-0.3, -0.25) is 9.36 Å². The number of hydrogen-bond donors (Lipinski definition) is 1. The van der Waals surface area contributed by atoms with Gasteiger partial charge < -0.3 is 10.5 Å². The number of rotatable bonds is 6. The van der Waals surface area contributed by atoms with Gasteiger partial charge in [-0.2, -0.15) is 0 Å². The maximum atomic E-state index is 11.5. The molecule has 2 N–H and O–H groups in total. The molecule has 140 valence electrons. The lowest BCUT2D eigenvalue weighted by Crippen LogP contribution is -2.25. The Morgan fingerprint density at radius 1 is 1.27 bits per heavy atom. The van der Waals surface area contributed by atoms with Crippen molar-refractivity contribution in [3.63, 3.8) is 0 Å². The molecule has 1 saturated carbocycles. The van der Waals surface area contributed by atoms with E-state index < -0.39 is 0 Å². The highest BCUT2D eigenvalue weighted by molar-refractivity contribution is 8.00. The van der Waals surface area contributed by atoms with Gasteiger partial charge in [-0.1, -0.05) is 31.5 Å². The second kappa shape index (κ2) is 8.12. The van der Waals surface area contributed by atoms with Crippen LogP contribution >= 0.6 is 11.8 Å². The zero-order chi connectivity index (χ0) is 18.7. The predicted octanol–water partition coefficient (Wildman–Crippen LogP) is 3.67. The number of ether oxygens (including phenoxy) is 1. The number of thioether (sulfide) groups is 1. The van der Waals surface area contributed by atoms with Gasteiger partial charge in [0.25, 0.3) is 0 Å². The fourth-order valence-electron chi connectivity index (χ4n) is 3.49. The monoisotopic (exact) mass is 374 g/mol. The van der Waals surface area contributed by atoms with E-state index in [4.69, 9.17) is 10.5 Å². The molecule has 0 aliphatic heterocycles. The summed E-state index contributed by atoms with van der Waals surface area (Å²) in [7, 11) is 1.65. The van der Waals surface area contributed by atoms with Crippen molar-refractivity contribution in [2.45, 2.75) is 56.0 Å². The van der Waals surface area contributed by atoms with Gasteiger partial charge in [-0.05, 0) is 49.9 Å². The standard InChI is InChI=1S/C19H26N4O2S/c1-12-6-4-5-7-16(12)23-18(14-8-10-15(25-3)11-9-14)21-22-19(23)26-13(2)17(20)24/h8-13,16H,4-7H2,1-3H3,(H2,20,24)/t12-,13-,16+/m0/s1. The van der Waals surface area contributed by atoms with E-state index in [1.54, 1.807) is 7.11 Å². The first-order valence-electron chi connectivity index (χ1n) is 9.06. The summed E-state index contributed by atoms with van der Waals surface area (Å²) in [6.45, 7) is 4.09. The Hall–Kier alpha value is -2.02. The predicted molar refractivity (Wildman–Crippen MR) is 103 cm³/mol. The van der Waals surface area contributed by atoms with Crippen LogP contribution in [0.5, 0.6) is 5.75 Å². The van der Waals surface area contributed by atoms with Gasteiger partial charge in [0.05, 0.1) is 12.4 Å². The average Bonchev–Trinajstić information content (AvgIpc) is 3.05. The SMILES string of the molecule is COc1ccc(-c2nnc(S[C@@H](C)C(N)=O)n2[C@@H]2CCCC[C@@H]2C)cc1. The number of aromatic nitrogens is 3. The molecule has 0 saturated heterocycles. The van der Waals surface area contributed by atoms with E-state index in [2.05, 4.69) is 21.7 Å². The topological polar surface area (TPSA) is 83.0 Å². The van der Waals surface area contributed by atoms with Crippen molar-refractivity contribution in [1.29, 1.82) is 0 Å². The molecule has 6 nitrogen and oxygen atoms in total. The average molecular weight is 375 g/mol. The van der Waals surface area contributed by atoms with E-state index in [0.717, 1.165) is 28.7 Å². The maximum absolute atomic E-state index is 11.5. The highest BCUT2D eigenvalue weighted by Gasteiger charge is 2.29. The number of carbonyl (C=O) groups excluding carboxylic acids is 1. The maximum Gasteiger partial charge on any atom is 0.230 e. The van der Waals surface area contributed by atoms with Crippen LogP contribution in [-0.4, -0.2) is 33.0 Å². The highest BCUT2D eigenvalue weighted by Crippen LogP contribution is 2.39. The van der Waals surface area contributed by atoms with Crippen molar-refractivity contribution in [2.24, 2.45) is 11.7 Å². The highest BCUT2D eigenvalue weighted by atomic mass is 32.2. The first-order valence-corrected chi connectivity index (χ1v) is 9.94. The molecule has 1 aromatic carbocycles. The summed E-state index contributed by atoms with van der Waals surface area (Å²) in [4.78, 5) is 11.5. The zero-order valence-corrected chi connectivity index (χ0v) is 16.3. The van der Waals surface area contributed by atoms with Crippen LogP contribution < -0.4 is 10.5 Å². The molecule has 7 heteroatoms. The van der Waals surface area contributed by atoms with Crippen LogP contribution in [0.1, 0.15) is 45.6 Å². The minimum atomic E-state index is -0.347. The van der Waals surface area contributed by atoms with Crippen molar-refractivity contribution in [3.8, 4) is 17.1 Å². The number of methoxy groups -OCH3 is 1. The molecule has 2 aromatic rings. The summed E-state index contributed by atoms with van der Waals surface area (Å²) in [6, 6.07) is 8.19. The minimum Gasteiger partial charge on any atom is -0.497 e. The summed E-state index contributed by atoms with van der Waals surface area (Å²) < 4.78 is 7.47. The third-order valence-corrected chi connectivity index (χ3v) is 6.17. The largest absolute Gasteiger partial charge is 0.497 e. The lowest BCUT2D eigenvalue weighted by Gasteiger charge is -2.31. The Balaban J connectivity index is 2.02. The van der Waals surface area contributed by atoms with Gasteiger partial charge in [0.2, 0.25) is 5.91 Å². The molecule has 3 rings (SSSR count). The Kier molecular flexibility index (Phi) is 5.86. The van der Waals surface area contributed by atoms with Crippen LogP contribution in [0.3, 0.4) is 0 Å². The molecule has 1 aromatic heterocycles. The fraction of sp³-hybridized carbons (Fsp3) is 0.526. The number of nitrogens with two attached hydrogens (primary N) is 1. The van der Waals surface area contributed by atoms with Gasteiger partial charge >= 0.3 is 0 Å². The zero-order valence-electron chi connectivity index (χ0n) is 15.5. The third kappa shape index (κ3) is 3.87. The first-order chi connectivity index (χ1) is 12.5. The van der Waals surface area contributed by atoms with Gasteiger partial charge in [0, 0.05) is 11.6 Å². The quantitative estimate of drug-likeness (QED) is 0.780.